The van der Waals surface area contributed by atoms with Gasteiger partial charge in [-0.1, -0.05) is 30.3 Å². The first kappa shape index (κ1) is 25.5. The van der Waals surface area contributed by atoms with Crippen molar-refractivity contribution in [2.45, 2.75) is 85.3 Å². The summed E-state index contributed by atoms with van der Waals surface area (Å²) >= 11 is 0. The second-order valence-corrected chi connectivity index (χ2v) is 9.81. The molecule has 1 atom stereocenters. The second kappa shape index (κ2) is 11.3. The molecule has 1 aliphatic carbocycles. The van der Waals surface area contributed by atoms with Crippen LogP contribution in [0.5, 0.6) is 0 Å². The molecule has 34 heavy (non-hydrogen) atoms. The molecule has 1 aromatic carbocycles. The number of carbonyl (C=O) groups excluding carboxylic acids is 1. The van der Waals surface area contributed by atoms with Gasteiger partial charge in [0.1, 0.15) is 5.60 Å². The lowest BCUT2D eigenvalue weighted by Gasteiger charge is -2.26. The van der Waals surface area contributed by atoms with Gasteiger partial charge in [-0.2, -0.15) is 0 Å². The fourth-order valence-corrected chi connectivity index (χ4v) is 4.37. The minimum atomic E-state index is -0.532. The Kier molecular flexibility index (Phi) is 8.46. The highest BCUT2D eigenvalue weighted by Gasteiger charge is 2.22. The molecule has 0 bridgehead atoms. The summed E-state index contributed by atoms with van der Waals surface area (Å²) in [7, 11) is 0. The quantitative estimate of drug-likeness (QED) is 0.496. The Hall–Kier alpha value is -3.17. The van der Waals surface area contributed by atoms with Crippen molar-refractivity contribution in [3.05, 3.63) is 76.6 Å². The lowest BCUT2D eigenvalue weighted by molar-refractivity contribution is 0.0501. The minimum Gasteiger partial charge on any atom is -0.444 e. The third kappa shape index (κ3) is 6.91. The molecule has 0 unspecified atom stereocenters. The standard InChI is InChI=1S/C29H37N3O2/c1-7-12-20(2)27-21(3)31-26(19-30-27)23-15-10-14-22-13-8-9-17-24(22)25(18-11-16-23)32-28(33)34-29(4,5)6/h7-9,13,16-17,19,25H,10-11,14-15,18H2,1-6H3,(H,32,33)/b23-16+/t12?,25-/m0/s1. The van der Waals surface area contributed by atoms with Crippen LogP contribution in [0, 0.1) is 6.92 Å². The van der Waals surface area contributed by atoms with E-state index in [9.17, 15) is 4.79 Å². The number of allylic oxidation sites excluding steroid dienone is 3. The molecule has 0 aliphatic heterocycles. The smallest absolute Gasteiger partial charge is 0.408 e. The van der Waals surface area contributed by atoms with E-state index < -0.39 is 5.60 Å². The van der Waals surface area contributed by atoms with Gasteiger partial charge < -0.3 is 10.1 Å². The van der Waals surface area contributed by atoms with Gasteiger partial charge in [-0.15, -0.1) is 5.73 Å². The summed E-state index contributed by atoms with van der Waals surface area (Å²) in [4.78, 5) is 22.1. The minimum absolute atomic E-state index is 0.106. The second-order valence-electron chi connectivity index (χ2n) is 9.81. The van der Waals surface area contributed by atoms with Gasteiger partial charge in [0.2, 0.25) is 0 Å². The molecule has 0 fully saturated rings. The van der Waals surface area contributed by atoms with E-state index in [0.717, 1.165) is 54.8 Å². The molecule has 0 radical (unpaired) electrons. The van der Waals surface area contributed by atoms with Crippen LogP contribution in [-0.4, -0.2) is 21.7 Å². The number of fused-ring (bicyclic) bond motifs is 1. The Balaban J connectivity index is 1.86. The van der Waals surface area contributed by atoms with E-state index in [0.29, 0.717) is 0 Å². The molecule has 0 spiro atoms. The largest absolute Gasteiger partial charge is 0.444 e. The molecule has 180 valence electrons. The van der Waals surface area contributed by atoms with Gasteiger partial charge in [0, 0.05) is 5.57 Å². The van der Waals surface area contributed by atoms with Crippen molar-refractivity contribution >= 4 is 17.2 Å². The van der Waals surface area contributed by atoms with Crippen LogP contribution in [0.15, 0.2) is 48.3 Å². The number of nitrogens with one attached hydrogen (secondary N) is 1. The van der Waals surface area contributed by atoms with Crippen molar-refractivity contribution in [3.63, 3.8) is 0 Å². The van der Waals surface area contributed by atoms with Crippen LogP contribution in [0.1, 0.15) is 94.6 Å². The first-order valence-corrected chi connectivity index (χ1v) is 12.2. The maximum atomic E-state index is 12.6. The number of hydrogen-bond donors (Lipinski definition) is 1. The zero-order valence-corrected chi connectivity index (χ0v) is 21.4. The molecule has 3 rings (SSSR count). The third-order valence-corrected chi connectivity index (χ3v) is 5.85. The van der Waals surface area contributed by atoms with Crippen LogP contribution < -0.4 is 5.32 Å². The van der Waals surface area contributed by atoms with E-state index in [-0.39, 0.29) is 12.1 Å². The molecule has 0 saturated carbocycles. The number of carbonyl (C=O) groups is 1. The summed E-state index contributed by atoms with van der Waals surface area (Å²) in [5.41, 5.74) is 10.1. The summed E-state index contributed by atoms with van der Waals surface area (Å²) in [6.45, 7) is 11.6. The van der Waals surface area contributed by atoms with Gasteiger partial charge in [-0.25, -0.2) is 9.78 Å². The molecule has 5 heteroatoms. The van der Waals surface area contributed by atoms with E-state index in [1.54, 1.807) is 0 Å². The van der Waals surface area contributed by atoms with Crippen molar-refractivity contribution in [2.75, 3.05) is 0 Å². The van der Waals surface area contributed by atoms with Crippen LogP contribution in [0.4, 0.5) is 4.79 Å². The average molecular weight is 460 g/mol. The van der Waals surface area contributed by atoms with Crippen molar-refractivity contribution in [3.8, 4) is 0 Å². The van der Waals surface area contributed by atoms with E-state index in [4.69, 9.17) is 14.7 Å². The van der Waals surface area contributed by atoms with E-state index in [1.165, 1.54) is 16.7 Å². The molecule has 1 aliphatic rings. The van der Waals surface area contributed by atoms with Gasteiger partial charge >= 0.3 is 6.09 Å². The molecule has 5 nitrogen and oxygen atoms in total. The predicted octanol–water partition coefficient (Wildman–Crippen LogP) is 7.13. The van der Waals surface area contributed by atoms with Crippen molar-refractivity contribution in [1.29, 1.82) is 0 Å². The average Bonchev–Trinajstić information content (AvgIpc) is 2.76. The van der Waals surface area contributed by atoms with Crippen LogP contribution in [0.25, 0.3) is 11.1 Å². The molecule has 1 N–H and O–H groups in total. The number of amides is 1. The Labute approximate surface area is 204 Å². The van der Waals surface area contributed by atoms with Crippen molar-refractivity contribution in [2.24, 2.45) is 0 Å². The van der Waals surface area contributed by atoms with Crippen molar-refractivity contribution < 1.29 is 9.53 Å². The molecule has 0 saturated heterocycles. The number of nitrogens with zero attached hydrogens (tertiary/aromatic N) is 2. The predicted molar refractivity (Wildman–Crippen MR) is 138 cm³/mol. The lowest BCUT2D eigenvalue weighted by Crippen LogP contribution is -2.35. The highest BCUT2D eigenvalue weighted by molar-refractivity contribution is 5.69. The third-order valence-electron chi connectivity index (χ3n) is 5.85. The van der Waals surface area contributed by atoms with Gasteiger partial charge in [-0.3, -0.25) is 4.98 Å². The zero-order chi connectivity index (χ0) is 24.7. The Morgan fingerprint density at radius 1 is 1.24 bits per heavy atom. The maximum absolute atomic E-state index is 12.6. The number of rotatable bonds is 3. The lowest BCUT2D eigenvalue weighted by atomic mass is 9.90. The summed E-state index contributed by atoms with van der Waals surface area (Å²) in [6, 6.07) is 8.29. The number of alkyl carbamates (subject to hydrolysis) is 1. The van der Waals surface area contributed by atoms with Crippen LogP contribution in [0.2, 0.25) is 0 Å². The van der Waals surface area contributed by atoms with E-state index >= 15 is 0 Å². The normalized spacial score (nSPS) is 17.9. The topological polar surface area (TPSA) is 64.1 Å². The molecule has 1 amide bonds. The summed E-state index contributed by atoms with van der Waals surface area (Å²) in [5, 5.41) is 3.11. The molecule has 2 aromatic rings. The van der Waals surface area contributed by atoms with E-state index in [2.05, 4.69) is 35.3 Å². The molecule has 1 aromatic heterocycles. The van der Waals surface area contributed by atoms with Gasteiger partial charge in [0.25, 0.3) is 0 Å². The Morgan fingerprint density at radius 2 is 2.00 bits per heavy atom. The molecular weight excluding hydrogens is 422 g/mol. The fourth-order valence-electron chi connectivity index (χ4n) is 4.37. The Bertz CT molecular complexity index is 1120. The van der Waals surface area contributed by atoms with Crippen LogP contribution in [-0.2, 0) is 11.2 Å². The Morgan fingerprint density at radius 3 is 2.71 bits per heavy atom. The first-order chi connectivity index (χ1) is 16.2. The SMILES string of the molecule is CC=C=C(C)c1ncc(/C2=C/CC[C@H](NC(=O)OC(C)(C)C)c3ccccc3CCC2)nc1C. The first-order valence-electron chi connectivity index (χ1n) is 12.2. The summed E-state index contributed by atoms with van der Waals surface area (Å²) in [6.07, 6.45) is 10.1. The number of benzene rings is 1. The van der Waals surface area contributed by atoms with Crippen LogP contribution >= 0.6 is 0 Å². The molecule has 1 heterocycles. The summed E-state index contributed by atoms with van der Waals surface area (Å²) in [5.74, 6) is 0. The van der Waals surface area contributed by atoms with Gasteiger partial charge in [0.15, 0.2) is 0 Å². The summed E-state index contributed by atoms with van der Waals surface area (Å²) < 4.78 is 5.54. The molecular formula is C29H37N3O2. The number of aryl methyl sites for hydroxylation is 2. The fraction of sp³-hybridized carbons (Fsp3) is 0.448. The highest BCUT2D eigenvalue weighted by Crippen LogP contribution is 2.30. The number of ether oxygens (including phenoxy) is 1. The highest BCUT2D eigenvalue weighted by atomic mass is 16.6. The number of hydrogen-bond acceptors (Lipinski definition) is 4. The number of aromatic nitrogens is 2. The van der Waals surface area contributed by atoms with Gasteiger partial charge in [0.05, 0.1) is 29.3 Å². The van der Waals surface area contributed by atoms with Crippen LogP contribution in [0.3, 0.4) is 0 Å². The van der Waals surface area contributed by atoms with Gasteiger partial charge in [-0.05, 0) is 96.4 Å². The maximum Gasteiger partial charge on any atom is 0.408 e. The van der Waals surface area contributed by atoms with E-state index in [1.807, 2.05) is 59.9 Å². The van der Waals surface area contributed by atoms with Crippen molar-refractivity contribution in [1.82, 2.24) is 15.3 Å². The monoisotopic (exact) mass is 459 g/mol. The zero-order valence-electron chi connectivity index (χ0n) is 21.4.